The Balaban J connectivity index is 2.17. The minimum Gasteiger partial charge on any atom is -0.345 e. The molecule has 0 spiro atoms. The molecule has 0 amide bonds. The lowest BCUT2D eigenvalue weighted by atomic mass is 9.94. The van der Waals surface area contributed by atoms with Crippen molar-refractivity contribution in [2.75, 3.05) is 18.5 Å². The molecule has 1 aliphatic rings. The highest BCUT2D eigenvalue weighted by Crippen LogP contribution is 2.32. The molecule has 0 atom stereocenters. The third kappa shape index (κ3) is 3.48. The topological polar surface area (TPSA) is 28.2 Å². The average molecular weight is 281 g/mol. The van der Waals surface area contributed by atoms with Crippen molar-refractivity contribution in [2.45, 2.75) is 65.0 Å². The molecule has 1 aliphatic carbocycles. The van der Waals surface area contributed by atoms with E-state index in [2.05, 4.69) is 24.1 Å². The maximum absolute atomic E-state index is 4.90. The third-order valence-electron chi connectivity index (χ3n) is 4.04. The highest BCUT2D eigenvalue weighted by Gasteiger charge is 2.23. The van der Waals surface area contributed by atoms with E-state index in [-0.39, 0.29) is 0 Å². The van der Waals surface area contributed by atoms with Crippen LogP contribution in [0.1, 0.15) is 56.5 Å². The Morgan fingerprint density at radius 3 is 2.58 bits per heavy atom. The summed E-state index contributed by atoms with van der Waals surface area (Å²) in [4.78, 5) is 8.85. The van der Waals surface area contributed by atoms with Gasteiger partial charge in [-0.2, -0.15) is 0 Å². The number of hydrogen-bond donors (Lipinski definition) is 1. The van der Waals surface area contributed by atoms with Gasteiger partial charge < -0.3 is 10.2 Å². The largest absolute Gasteiger partial charge is 0.345 e. The molecule has 1 heterocycles. The Morgan fingerprint density at radius 1 is 1.26 bits per heavy atom. The number of nitrogens with zero attached hydrogens (tertiary/aromatic N) is 2. The quantitative estimate of drug-likeness (QED) is 0.864. The van der Waals surface area contributed by atoms with Gasteiger partial charge in [-0.25, -0.2) is 4.98 Å². The molecule has 0 radical (unpaired) electrons. The minimum atomic E-state index is 0.719. The number of aromatic nitrogens is 1. The van der Waals surface area contributed by atoms with Crippen molar-refractivity contribution in [1.82, 2.24) is 10.3 Å². The highest BCUT2D eigenvalue weighted by atomic mass is 32.1. The van der Waals surface area contributed by atoms with Gasteiger partial charge in [0, 0.05) is 24.0 Å². The van der Waals surface area contributed by atoms with E-state index in [1.54, 1.807) is 0 Å². The molecule has 1 aromatic heterocycles. The monoisotopic (exact) mass is 281 g/mol. The van der Waals surface area contributed by atoms with Crippen LogP contribution in [0, 0.1) is 0 Å². The molecular formula is C15H27N3S. The zero-order valence-electron chi connectivity index (χ0n) is 12.5. The van der Waals surface area contributed by atoms with Gasteiger partial charge in [0.15, 0.2) is 5.13 Å². The summed E-state index contributed by atoms with van der Waals surface area (Å²) in [6, 6.07) is 0.719. The fourth-order valence-electron chi connectivity index (χ4n) is 3.01. The molecular weight excluding hydrogens is 254 g/mol. The van der Waals surface area contributed by atoms with Crippen molar-refractivity contribution in [3.8, 4) is 0 Å². The minimum absolute atomic E-state index is 0.719. The van der Waals surface area contributed by atoms with Crippen molar-refractivity contribution < 1.29 is 0 Å². The van der Waals surface area contributed by atoms with Crippen LogP contribution in [0.5, 0.6) is 0 Å². The number of hydrogen-bond acceptors (Lipinski definition) is 4. The van der Waals surface area contributed by atoms with Crippen LogP contribution >= 0.6 is 11.3 Å². The van der Waals surface area contributed by atoms with Gasteiger partial charge in [-0.3, -0.25) is 0 Å². The van der Waals surface area contributed by atoms with E-state index in [1.807, 2.05) is 18.4 Å². The molecule has 108 valence electrons. The molecule has 2 rings (SSSR count). The zero-order valence-corrected chi connectivity index (χ0v) is 13.4. The first kappa shape index (κ1) is 14.8. The van der Waals surface area contributed by atoms with Crippen LogP contribution in [0.2, 0.25) is 0 Å². The fourth-order valence-corrected chi connectivity index (χ4v) is 4.31. The second-order valence-electron chi connectivity index (χ2n) is 5.33. The third-order valence-corrected chi connectivity index (χ3v) is 5.18. The predicted octanol–water partition coefficient (Wildman–Crippen LogP) is 3.58. The van der Waals surface area contributed by atoms with E-state index in [0.717, 1.165) is 25.6 Å². The van der Waals surface area contributed by atoms with Gasteiger partial charge in [-0.1, -0.05) is 26.2 Å². The first-order chi connectivity index (χ1) is 9.30. The summed E-state index contributed by atoms with van der Waals surface area (Å²) in [5.41, 5.74) is 1.28. The van der Waals surface area contributed by atoms with Gasteiger partial charge in [-0.05, 0) is 33.2 Å². The van der Waals surface area contributed by atoms with Crippen LogP contribution in [-0.2, 0) is 13.0 Å². The van der Waals surface area contributed by atoms with E-state index in [1.165, 1.54) is 47.8 Å². The normalized spacial score (nSPS) is 16.8. The molecule has 1 N–H and O–H groups in total. The zero-order chi connectivity index (χ0) is 13.7. The Morgan fingerprint density at radius 2 is 2.00 bits per heavy atom. The second kappa shape index (κ2) is 7.25. The Bertz CT molecular complexity index is 383. The molecule has 19 heavy (non-hydrogen) atoms. The first-order valence-electron chi connectivity index (χ1n) is 7.69. The van der Waals surface area contributed by atoms with Crippen LogP contribution < -0.4 is 10.2 Å². The molecule has 1 fully saturated rings. The van der Waals surface area contributed by atoms with Gasteiger partial charge >= 0.3 is 0 Å². The number of rotatable bonds is 6. The summed E-state index contributed by atoms with van der Waals surface area (Å²) < 4.78 is 0. The van der Waals surface area contributed by atoms with Crippen molar-refractivity contribution >= 4 is 16.5 Å². The fraction of sp³-hybridized carbons (Fsp3) is 0.800. The smallest absolute Gasteiger partial charge is 0.186 e. The van der Waals surface area contributed by atoms with Crippen molar-refractivity contribution in [2.24, 2.45) is 0 Å². The predicted molar refractivity (Wildman–Crippen MR) is 84.1 cm³/mol. The first-order valence-corrected chi connectivity index (χ1v) is 8.51. The molecule has 4 heteroatoms. The molecule has 0 bridgehead atoms. The molecule has 0 saturated heterocycles. The van der Waals surface area contributed by atoms with Crippen LogP contribution in [0.25, 0.3) is 0 Å². The van der Waals surface area contributed by atoms with Gasteiger partial charge in [-0.15, -0.1) is 11.3 Å². The SMILES string of the molecule is CCc1nc(N(CC)C2CCCCC2)sc1CNC. The molecule has 0 unspecified atom stereocenters. The number of thiazole rings is 1. The van der Waals surface area contributed by atoms with Gasteiger partial charge in [0.1, 0.15) is 0 Å². The van der Waals surface area contributed by atoms with Crippen molar-refractivity contribution in [3.63, 3.8) is 0 Å². The summed E-state index contributed by atoms with van der Waals surface area (Å²) in [7, 11) is 2.01. The van der Waals surface area contributed by atoms with E-state index in [0.29, 0.717) is 0 Å². The Labute approximate surface area is 121 Å². The summed E-state index contributed by atoms with van der Waals surface area (Å²) in [5, 5.41) is 4.51. The maximum Gasteiger partial charge on any atom is 0.186 e. The molecule has 0 aromatic carbocycles. The van der Waals surface area contributed by atoms with E-state index in [4.69, 9.17) is 4.98 Å². The summed E-state index contributed by atoms with van der Waals surface area (Å²) in [6.45, 7) is 6.50. The van der Waals surface area contributed by atoms with E-state index >= 15 is 0 Å². The lowest BCUT2D eigenvalue weighted by molar-refractivity contribution is 0.418. The van der Waals surface area contributed by atoms with Crippen LogP contribution in [0.15, 0.2) is 0 Å². The number of anilines is 1. The number of aryl methyl sites for hydroxylation is 1. The lowest BCUT2D eigenvalue weighted by Crippen LogP contribution is -2.36. The molecule has 0 aliphatic heterocycles. The Kier molecular flexibility index (Phi) is 5.64. The lowest BCUT2D eigenvalue weighted by Gasteiger charge is -2.33. The maximum atomic E-state index is 4.90. The molecule has 1 saturated carbocycles. The summed E-state index contributed by atoms with van der Waals surface area (Å²) in [6.07, 6.45) is 7.91. The van der Waals surface area contributed by atoms with Crippen LogP contribution in [0.3, 0.4) is 0 Å². The second-order valence-corrected chi connectivity index (χ2v) is 6.39. The summed E-state index contributed by atoms with van der Waals surface area (Å²) >= 11 is 1.89. The number of nitrogens with one attached hydrogen (secondary N) is 1. The van der Waals surface area contributed by atoms with Crippen molar-refractivity contribution in [1.29, 1.82) is 0 Å². The summed E-state index contributed by atoms with van der Waals surface area (Å²) in [5.74, 6) is 0. The van der Waals surface area contributed by atoms with Gasteiger partial charge in [0.2, 0.25) is 0 Å². The average Bonchev–Trinajstić information content (AvgIpc) is 2.84. The van der Waals surface area contributed by atoms with Gasteiger partial charge in [0.25, 0.3) is 0 Å². The molecule has 3 nitrogen and oxygen atoms in total. The Hall–Kier alpha value is -0.610. The van der Waals surface area contributed by atoms with E-state index < -0.39 is 0 Å². The van der Waals surface area contributed by atoms with E-state index in [9.17, 15) is 0 Å². The standard InChI is InChI=1S/C15H27N3S/c1-4-13-14(11-16-3)19-15(17-13)18(5-2)12-9-7-6-8-10-12/h12,16H,4-11H2,1-3H3. The highest BCUT2D eigenvalue weighted by molar-refractivity contribution is 7.15. The molecule has 1 aromatic rings. The van der Waals surface area contributed by atoms with Crippen LogP contribution in [0.4, 0.5) is 5.13 Å². The van der Waals surface area contributed by atoms with Gasteiger partial charge in [0.05, 0.1) is 5.69 Å². The van der Waals surface area contributed by atoms with Crippen molar-refractivity contribution in [3.05, 3.63) is 10.6 Å². The van der Waals surface area contributed by atoms with Crippen LogP contribution in [-0.4, -0.2) is 24.6 Å².